The Morgan fingerprint density at radius 3 is 1.49 bits per heavy atom. The summed E-state index contributed by atoms with van der Waals surface area (Å²) in [7, 11) is 1.66. The molecule has 2 aromatic carbocycles. The fourth-order valence-corrected chi connectivity index (χ4v) is 5.52. The summed E-state index contributed by atoms with van der Waals surface area (Å²) in [6.07, 6.45) is -7.85. The Labute approximate surface area is 260 Å². The molecule has 2 aromatic rings. The van der Waals surface area contributed by atoms with Crippen molar-refractivity contribution in [1.29, 1.82) is 0 Å². The maximum absolute atomic E-state index is 12.7. The Kier molecular flexibility index (Phi) is 12.6. The van der Waals surface area contributed by atoms with E-state index in [9.17, 15) is 35.9 Å². The molecule has 0 bridgehead atoms. The zero-order valence-corrected chi connectivity index (χ0v) is 25.8. The molecule has 2 aliphatic rings. The van der Waals surface area contributed by atoms with Gasteiger partial charge in [0.15, 0.2) is 0 Å². The molecule has 2 heterocycles. The number of carbonyl (C=O) groups excluding carboxylic acids is 2. The molecule has 248 valence electrons. The first-order valence-corrected chi connectivity index (χ1v) is 14.7. The highest BCUT2D eigenvalue weighted by molar-refractivity contribution is 6.03. The Morgan fingerprint density at radius 1 is 0.733 bits per heavy atom. The lowest BCUT2D eigenvalue weighted by Crippen LogP contribution is -2.47. The highest BCUT2D eigenvalue weighted by atomic mass is 19.4. The van der Waals surface area contributed by atoms with Crippen molar-refractivity contribution in [2.75, 3.05) is 89.0 Å². The van der Waals surface area contributed by atoms with Crippen LogP contribution in [0.25, 0.3) is 0 Å². The normalized spacial score (nSPS) is 16.6. The molecule has 2 aliphatic heterocycles. The minimum Gasteiger partial charge on any atom is -0.383 e. The van der Waals surface area contributed by atoms with Gasteiger partial charge in [-0.3, -0.25) is 19.4 Å². The predicted molar refractivity (Wildman–Crippen MR) is 163 cm³/mol. The van der Waals surface area contributed by atoms with Gasteiger partial charge in [-0.1, -0.05) is 30.3 Å². The van der Waals surface area contributed by atoms with Gasteiger partial charge in [-0.25, -0.2) is 0 Å². The topological polar surface area (TPSA) is 56.3 Å². The molecule has 2 saturated heterocycles. The van der Waals surface area contributed by atoms with Crippen molar-refractivity contribution in [3.05, 3.63) is 71.3 Å². The summed E-state index contributed by atoms with van der Waals surface area (Å²) in [5.74, 6) is -3.56. The molecular formula is C32H40F6N4O3. The molecule has 13 heteroatoms. The predicted octanol–water partition coefficient (Wildman–Crippen LogP) is 5.56. The number of piperazine rings is 2. The number of alkyl halides is 6. The Hall–Kier alpha value is -3.42. The van der Waals surface area contributed by atoms with Gasteiger partial charge in [-0.2, -0.15) is 26.3 Å². The van der Waals surface area contributed by atoms with Crippen LogP contribution in [-0.2, 0) is 4.74 Å². The van der Waals surface area contributed by atoms with Crippen LogP contribution in [0.2, 0.25) is 0 Å². The zero-order chi connectivity index (χ0) is 33.4. The summed E-state index contributed by atoms with van der Waals surface area (Å²) in [4.78, 5) is 31.6. The molecule has 0 atom stereocenters. The number of benzene rings is 2. The van der Waals surface area contributed by atoms with Crippen molar-refractivity contribution in [3.63, 3.8) is 0 Å². The average Bonchev–Trinajstić information content (AvgIpc) is 3.00. The zero-order valence-electron chi connectivity index (χ0n) is 25.8. The van der Waals surface area contributed by atoms with Gasteiger partial charge >= 0.3 is 12.4 Å². The van der Waals surface area contributed by atoms with Gasteiger partial charge in [0, 0.05) is 95.1 Å². The van der Waals surface area contributed by atoms with Gasteiger partial charge in [0.1, 0.15) is 0 Å². The first kappa shape index (κ1) is 36.1. The van der Waals surface area contributed by atoms with Crippen LogP contribution in [0.3, 0.4) is 0 Å². The monoisotopic (exact) mass is 642 g/mol. The number of hydrogen-bond acceptors (Lipinski definition) is 7. The molecule has 0 N–H and O–H groups in total. The number of Topliss-reactive ketones (excluding diaryl/α,β-unsaturated/α-hetero) is 2. The van der Waals surface area contributed by atoms with Gasteiger partial charge in [-0.15, -0.1) is 6.58 Å². The third-order valence-corrected chi connectivity index (χ3v) is 8.04. The van der Waals surface area contributed by atoms with Crippen LogP contribution in [0.15, 0.2) is 49.1 Å². The van der Waals surface area contributed by atoms with Crippen LogP contribution in [-0.4, -0.2) is 113 Å². The molecule has 0 radical (unpaired) electrons. The number of anilines is 2. The number of nitrogens with zero attached hydrogens (tertiary/aromatic N) is 4. The van der Waals surface area contributed by atoms with E-state index in [-0.39, 0.29) is 11.1 Å². The molecule has 45 heavy (non-hydrogen) atoms. The standard InChI is InChI=1S/C16H21F3N2O2.C16H19F3N2O/c1-12-13(15(22)16(17,18)19)4-3-5-14(12)21-8-6-20(7-9-21)10-11-23-2;1-3-7-20-8-10-21(11-9-20)14-6-4-5-13(12(14)2)15(22)16(17,18)19/h3-5H,6-11H2,1-2H3;3-6H,1,7-11H2,2H3. The van der Waals surface area contributed by atoms with Gasteiger partial charge in [0.2, 0.25) is 0 Å². The lowest BCUT2D eigenvalue weighted by atomic mass is 10.0. The number of hydrogen-bond donors (Lipinski definition) is 0. The smallest absolute Gasteiger partial charge is 0.383 e. The highest BCUT2D eigenvalue weighted by Gasteiger charge is 2.41. The van der Waals surface area contributed by atoms with Crippen LogP contribution in [0.4, 0.5) is 37.7 Å². The minimum absolute atomic E-state index is 0.265. The van der Waals surface area contributed by atoms with E-state index in [1.165, 1.54) is 24.3 Å². The summed E-state index contributed by atoms with van der Waals surface area (Å²) >= 11 is 0. The number of rotatable bonds is 9. The molecule has 0 aromatic heterocycles. The second kappa shape index (κ2) is 15.7. The second-order valence-corrected chi connectivity index (χ2v) is 11.0. The van der Waals surface area contributed by atoms with Crippen molar-refractivity contribution < 1.29 is 40.7 Å². The number of carbonyl (C=O) groups is 2. The van der Waals surface area contributed by atoms with Crippen LogP contribution in [0.5, 0.6) is 0 Å². The summed E-state index contributed by atoms with van der Waals surface area (Å²) in [6.45, 7) is 15.3. The summed E-state index contributed by atoms with van der Waals surface area (Å²) in [6, 6.07) is 9.04. The molecule has 4 rings (SSSR count). The molecule has 7 nitrogen and oxygen atoms in total. The Morgan fingerprint density at radius 2 is 1.13 bits per heavy atom. The van der Waals surface area contributed by atoms with Gasteiger partial charge in [0.05, 0.1) is 6.61 Å². The molecular weight excluding hydrogens is 602 g/mol. The Balaban J connectivity index is 0.000000246. The molecule has 0 aliphatic carbocycles. The fourth-order valence-electron chi connectivity index (χ4n) is 5.52. The molecule has 0 amide bonds. The molecule has 2 fully saturated rings. The van der Waals surface area contributed by atoms with Crippen molar-refractivity contribution in [2.24, 2.45) is 0 Å². The van der Waals surface area contributed by atoms with Crippen LogP contribution < -0.4 is 9.80 Å². The van der Waals surface area contributed by atoms with E-state index in [1.807, 2.05) is 15.9 Å². The number of ether oxygens (including phenoxy) is 1. The van der Waals surface area contributed by atoms with E-state index >= 15 is 0 Å². The van der Waals surface area contributed by atoms with E-state index in [2.05, 4.69) is 16.4 Å². The minimum atomic E-state index is -4.85. The number of halogens is 6. The SMILES string of the molecule is C=CCN1CCN(c2cccc(C(=O)C(F)(F)F)c2C)CC1.COCCN1CCN(c2cccc(C(=O)C(F)(F)F)c2C)CC1. The molecule has 0 unspecified atom stereocenters. The summed E-state index contributed by atoms with van der Waals surface area (Å²) < 4.78 is 81.0. The fraction of sp³-hybridized carbons (Fsp3) is 0.500. The maximum atomic E-state index is 12.7. The first-order valence-electron chi connectivity index (χ1n) is 14.7. The number of methoxy groups -OCH3 is 1. The van der Waals surface area contributed by atoms with E-state index in [1.54, 1.807) is 33.1 Å². The largest absolute Gasteiger partial charge is 0.454 e. The van der Waals surface area contributed by atoms with Crippen LogP contribution in [0, 0.1) is 13.8 Å². The van der Waals surface area contributed by atoms with E-state index < -0.39 is 23.9 Å². The van der Waals surface area contributed by atoms with Gasteiger partial charge in [-0.05, 0) is 37.1 Å². The van der Waals surface area contributed by atoms with E-state index in [0.29, 0.717) is 42.2 Å². The highest BCUT2D eigenvalue weighted by Crippen LogP contribution is 2.31. The maximum Gasteiger partial charge on any atom is 0.454 e. The second-order valence-electron chi connectivity index (χ2n) is 11.0. The average molecular weight is 643 g/mol. The Bertz CT molecular complexity index is 1310. The number of ketones is 2. The third-order valence-electron chi connectivity index (χ3n) is 8.04. The van der Waals surface area contributed by atoms with Crippen molar-refractivity contribution >= 4 is 22.9 Å². The van der Waals surface area contributed by atoms with E-state index in [4.69, 9.17) is 4.74 Å². The van der Waals surface area contributed by atoms with Gasteiger partial charge < -0.3 is 14.5 Å². The quantitative estimate of drug-likeness (QED) is 0.202. The summed E-state index contributed by atoms with van der Waals surface area (Å²) in [5, 5.41) is 0. The first-order chi connectivity index (χ1) is 21.2. The summed E-state index contributed by atoms with van der Waals surface area (Å²) in [5.41, 5.74) is 1.65. The lowest BCUT2D eigenvalue weighted by molar-refractivity contribution is -0.0888. The third kappa shape index (κ3) is 9.54. The molecule has 0 spiro atoms. The van der Waals surface area contributed by atoms with Crippen molar-refractivity contribution in [1.82, 2.24) is 9.80 Å². The van der Waals surface area contributed by atoms with Crippen molar-refractivity contribution in [2.45, 2.75) is 26.2 Å². The lowest BCUT2D eigenvalue weighted by Gasteiger charge is -2.37. The van der Waals surface area contributed by atoms with Crippen LogP contribution >= 0.6 is 0 Å². The van der Waals surface area contributed by atoms with Crippen molar-refractivity contribution in [3.8, 4) is 0 Å². The van der Waals surface area contributed by atoms with Gasteiger partial charge in [0.25, 0.3) is 11.6 Å². The van der Waals surface area contributed by atoms with E-state index in [0.717, 1.165) is 52.4 Å². The van der Waals surface area contributed by atoms with Crippen LogP contribution in [0.1, 0.15) is 31.8 Å². The molecule has 0 saturated carbocycles.